The van der Waals surface area contributed by atoms with E-state index in [1.54, 1.807) is 18.2 Å². The van der Waals surface area contributed by atoms with Gasteiger partial charge in [-0.2, -0.15) is 0 Å². The number of halogens is 7. The Morgan fingerprint density at radius 3 is 2.27 bits per heavy atom. The molecular weight excluding hydrogens is 642 g/mol. The Morgan fingerprint density at radius 1 is 0.878 bits per heavy atom. The fourth-order valence-electron chi connectivity index (χ4n) is 4.26. The highest BCUT2D eigenvalue weighted by Crippen LogP contribution is 2.65. The summed E-state index contributed by atoms with van der Waals surface area (Å²) in [6, 6.07) is 10.9. The zero-order chi connectivity index (χ0) is 30.1. The van der Waals surface area contributed by atoms with E-state index >= 15 is 4.39 Å². The first-order valence-corrected chi connectivity index (χ1v) is 14.3. The second kappa shape index (κ2) is 12.7. The van der Waals surface area contributed by atoms with Crippen LogP contribution in [-0.4, -0.2) is 22.1 Å². The largest absolute Gasteiger partial charge is 0.326 e. The van der Waals surface area contributed by atoms with Crippen molar-refractivity contribution in [2.75, 3.05) is 16.0 Å². The Bertz CT molecular complexity index is 1540. The molecule has 216 valence electrons. The topological polar surface area (TPSA) is 87.3 Å². The summed E-state index contributed by atoms with van der Waals surface area (Å²) in [6.45, 7) is 1.87. The lowest BCUT2D eigenvalue weighted by Crippen LogP contribution is -2.19. The highest BCUT2D eigenvalue weighted by molar-refractivity contribution is 6.53. The summed E-state index contributed by atoms with van der Waals surface area (Å²) in [5.74, 6) is -5.48. The number of alkyl halides is 2. The van der Waals surface area contributed by atoms with Crippen LogP contribution in [0.3, 0.4) is 0 Å². The van der Waals surface area contributed by atoms with Crippen LogP contribution in [0.4, 0.5) is 25.8 Å². The molecule has 1 saturated carbocycles. The minimum atomic E-state index is -1.41. The van der Waals surface area contributed by atoms with E-state index in [0.717, 1.165) is 18.6 Å². The van der Waals surface area contributed by atoms with Crippen LogP contribution in [0, 0.1) is 17.6 Å². The Hall–Kier alpha value is -2.62. The normalized spacial score (nSPS) is 17.1. The molecule has 1 aliphatic carbocycles. The molecule has 4 rings (SSSR count). The predicted octanol–water partition coefficient (Wildman–Crippen LogP) is 8.83. The molecule has 0 unspecified atom stereocenters. The first kappa shape index (κ1) is 31.3. The smallest absolute Gasteiger partial charge is 0.257 e. The fraction of sp³-hybridized carbons (Fsp3) is 0.250. The van der Waals surface area contributed by atoms with Crippen molar-refractivity contribution in [1.29, 1.82) is 0 Å². The molecule has 1 aliphatic rings. The zero-order valence-corrected chi connectivity index (χ0v) is 25.0. The van der Waals surface area contributed by atoms with E-state index in [1.165, 1.54) is 18.2 Å². The second-order valence-corrected chi connectivity index (χ2v) is 12.0. The van der Waals surface area contributed by atoms with Crippen molar-refractivity contribution in [3.63, 3.8) is 0 Å². The molecule has 3 amide bonds. The molecule has 3 aromatic rings. The lowest BCUT2D eigenvalue weighted by Gasteiger charge is -2.13. The molecule has 3 aromatic carbocycles. The number of carbonyl (C=O) groups is 3. The Kier molecular flexibility index (Phi) is 9.71. The maximum absolute atomic E-state index is 15.0. The van der Waals surface area contributed by atoms with Gasteiger partial charge in [0.15, 0.2) is 5.82 Å². The number of carbonyl (C=O) groups excluding carboxylic acids is 3. The molecule has 2 atom stereocenters. The molecule has 6 nitrogen and oxygen atoms in total. The number of amides is 3. The van der Waals surface area contributed by atoms with Gasteiger partial charge in [-0.1, -0.05) is 54.2 Å². The molecule has 0 aromatic heterocycles. The standard InChI is InChI=1S/C28H22Cl5F2N3O3/c1-2-3-4-21(39)38-25-19(34)9-10-20(24(25)35)37-26(40)15-12-14(6-8-16(15)29)36-27(41)23-22(28(23,32)33)13-5-7-17(30)18(31)11-13/h5-12,22-23H,2-4H2,1H3,(H,36,41)(H,37,40)(H,38,39)/t22-,23+/m0/s1. The van der Waals surface area contributed by atoms with Crippen molar-refractivity contribution in [3.8, 4) is 0 Å². The number of hydrogen-bond donors (Lipinski definition) is 3. The summed E-state index contributed by atoms with van der Waals surface area (Å²) in [5, 5.41) is 7.82. The van der Waals surface area contributed by atoms with Crippen molar-refractivity contribution in [2.45, 2.75) is 36.4 Å². The summed E-state index contributed by atoms with van der Waals surface area (Å²) in [7, 11) is 0. The number of unbranched alkanes of at least 4 members (excludes halogenated alkanes) is 1. The Morgan fingerprint density at radius 2 is 1.59 bits per heavy atom. The maximum Gasteiger partial charge on any atom is 0.257 e. The number of nitrogens with one attached hydrogen (secondary N) is 3. The molecular formula is C28H22Cl5F2N3O3. The first-order chi connectivity index (χ1) is 19.3. The molecule has 0 saturated heterocycles. The quantitative estimate of drug-likeness (QED) is 0.200. The van der Waals surface area contributed by atoms with Gasteiger partial charge in [0, 0.05) is 18.0 Å². The first-order valence-electron chi connectivity index (χ1n) is 12.4. The fourth-order valence-corrected chi connectivity index (χ4v) is 5.60. The summed E-state index contributed by atoms with van der Waals surface area (Å²) >= 11 is 31.1. The number of benzene rings is 3. The molecule has 0 heterocycles. The van der Waals surface area contributed by atoms with Gasteiger partial charge in [0.2, 0.25) is 11.8 Å². The molecule has 0 bridgehead atoms. The van der Waals surface area contributed by atoms with Crippen molar-refractivity contribution < 1.29 is 23.2 Å². The van der Waals surface area contributed by atoms with Crippen LogP contribution in [0.25, 0.3) is 0 Å². The third-order valence-electron chi connectivity index (χ3n) is 6.48. The van der Waals surface area contributed by atoms with Crippen LogP contribution in [0.2, 0.25) is 15.1 Å². The molecule has 0 aliphatic heterocycles. The van der Waals surface area contributed by atoms with Crippen LogP contribution in [0.1, 0.15) is 48.0 Å². The van der Waals surface area contributed by atoms with E-state index in [-0.39, 0.29) is 33.4 Å². The van der Waals surface area contributed by atoms with E-state index in [0.29, 0.717) is 17.0 Å². The van der Waals surface area contributed by atoms with Crippen LogP contribution in [0.5, 0.6) is 0 Å². The van der Waals surface area contributed by atoms with E-state index in [1.807, 2.05) is 6.92 Å². The Balaban J connectivity index is 1.49. The van der Waals surface area contributed by atoms with Gasteiger partial charge in [0.1, 0.15) is 15.8 Å². The minimum absolute atomic E-state index is 0.000230. The lowest BCUT2D eigenvalue weighted by atomic mass is 10.1. The highest BCUT2D eigenvalue weighted by Gasteiger charge is 2.67. The van der Waals surface area contributed by atoms with Gasteiger partial charge in [-0.3, -0.25) is 14.4 Å². The van der Waals surface area contributed by atoms with E-state index in [2.05, 4.69) is 16.0 Å². The van der Waals surface area contributed by atoms with Gasteiger partial charge in [-0.15, -0.1) is 23.2 Å². The lowest BCUT2D eigenvalue weighted by molar-refractivity contribution is -0.117. The van der Waals surface area contributed by atoms with E-state index < -0.39 is 51.2 Å². The number of rotatable bonds is 9. The average Bonchev–Trinajstić information content (AvgIpc) is 3.51. The maximum atomic E-state index is 15.0. The van der Waals surface area contributed by atoms with Crippen LogP contribution < -0.4 is 16.0 Å². The van der Waals surface area contributed by atoms with Crippen molar-refractivity contribution in [2.24, 2.45) is 5.92 Å². The Labute approximate surface area is 259 Å². The molecule has 13 heteroatoms. The highest BCUT2D eigenvalue weighted by atomic mass is 35.5. The molecule has 3 N–H and O–H groups in total. The van der Waals surface area contributed by atoms with E-state index in [9.17, 15) is 18.8 Å². The van der Waals surface area contributed by atoms with Gasteiger partial charge < -0.3 is 16.0 Å². The molecule has 41 heavy (non-hydrogen) atoms. The van der Waals surface area contributed by atoms with Crippen LogP contribution in [0.15, 0.2) is 48.5 Å². The summed E-state index contributed by atoms with van der Waals surface area (Å²) < 4.78 is 27.9. The van der Waals surface area contributed by atoms with Crippen molar-refractivity contribution in [1.82, 2.24) is 0 Å². The molecule has 0 spiro atoms. The number of hydrogen-bond acceptors (Lipinski definition) is 3. The van der Waals surface area contributed by atoms with Gasteiger partial charge in [-0.25, -0.2) is 8.78 Å². The molecule has 0 radical (unpaired) electrons. The van der Waals surface area contributed by atoms with Gasteiger partial charge in [0.05, 0.1) is 32.2 Å². The average molecular weight is 664 g/mol. The third kappa shape index (κ3) is 6.89. The van der Waals surface area contributed by atoms with Crippen LogP contribution in [-0.2, 0) is 9.59 Å². The predicted molar refractivity (Wildman–Crippen MR) is 160 cm³/mol. The second-order valence-electron chi connectivity index (χ2n) is 9.38. The van der Waals surface area contributed by atoms with Crippen LogP contribution >= 0.6 is 58.0 Å². The van der Waals surface area contributed by atoms with Crippen molar-refractivity contribution >= 4 is 92.8 Å². The summed E-state index contributed by atoms with van der Waals surface area (Å²) in [5.41, 5.74) is -0.353. The third-order valence-corrected chi connectivity index (χ3v) is 8.49. The SMILES string of the molecule is CCCCC(=O)Nc1c(F)ccc(NC(=O)c2cc(NC(=O)[C@H]3[C@H](c4ccc(Cl)c(Cl)c4)C3(Cl)Cl)ccc2Cl)c1F. The summed E-state index contributed by atoms with van der Waals surface area (Å²) in [4.78, 5) is 38.1. The monoisotopic (exact) mass is 661 g/mol. The molecule has 1 fully saturated rings. The minimum Gasteiger partial charge on any atom is -0.326 e. The van der Waals surface area contributed by atoms with Gasteiger partial charge in [-0.05, 0) is 54.4 Å². The van der Waals surface area contributed by atoms with E-state index in [4.69, 9.17) is 58.0 Å². The number of anilines is 3. The van der Waals surface area contributed by atoms with Gasteiger partial charge in [0.25, 0.3) is 5.91 Å². The zero-order valence-electron chi connectivity index (χ0n) is 21.3. The summed E-state index contributed by atoms with van der Waals surface area (Å²) in [6.07, 6.45) is 1.36. The van der Waals surface area contributed by atoms with Crippen molar-refractivity contribution in [3.05, 3.63) is 86.4 Å². The van der Waals surface area contributed by atoms with Gasteiger partial charge >= 0.3 is 0 Å².